The van der Waals surface area contributed by atoms with Crippen LogP contribution < -0.4 is 5.32 Å². The molecule has 1 amide bonds. The van der Waals surface area contributed by atoms with E-state index in [9.17, 15) is 9.59 Å². The lowest BCUT2D eigenvalue weighted by atomic mass is 10.1. The largest absolute Gasteiger partial charge is 0.462 e. The second kappa shape index (κ2) is 6.39. The topological polar surface area (TPSA) is 55.4 Å². The number of amides is 1. The maximum Gasteiger partial charge on any atom is 0.340 e. The second-order valence-corrected chi connectivity index (χ2v) is 3.96. The Morgan fingerprint density at radius 2 is 2.12 bits per heavy atom. The number of benzene rings is 1. The molecule has 0 heterocycles. The average Bonchev–Trinajstić information content (AvgIpc) is 2.31. The molecule has 0 aromatic heterocycles. The summed E-state index contributed by atoms with van der Waals surface area (Å²) >= 11 is 3.06. The van der Waals surface area contributed by atoms with Crippen LogP contribution in [-0.4, -0.2) is 23.8 Å². The molecule has 0 radical (unpaired) electrons. The Bertz CT molecular complexity index is 432. The van der Waals surface area contributed by atoms with E-state index in [-0.39, 0.29) is 11.2 Å². The molecule has 0 fully saturated rings. The van der Waals surface area contributed by atoms with Crippen LogP contribution in [0.5, 0.6) is 0 Å². The molecule has 0 saturated carbocycles. The van der Waals surface area contributed by atoms with Gasteiger partial charge in [0.1, 0.15) is 0 Å². The molecule has 1 aromatic rings. The summed E-state index contributed by atoms with van der Waals surface area (Å²) in [6.45, 7) is 3.87. The van der Waals surface area contributed by atoms with Gasteiger partial charge in [0.2, 0.25) is 5.91 Å². The normalized spacial score (nSPS) is 9.82. The Kier molecular flexibility index (Phi) is 5.15. The molecule has 92 valence electrons. The first kappa shape index (κ1) is 13.7. The molecule has 0 unspecified atom stereocenters. The molecule has 17 heavy (non-hydrogen) atoms. The highest BCUT2D eigenvalue weighted by atomic mass is 79.9. The lowest BCUT2D eigenvalue weighted by molar-refractivity contribution is -0.113. The third kappa shape index (κ3) is 3.56. The minimum Gasteiger partial charge on any atom is -0.462 e. The number of nitrogens with one attached hydrogen (secondary N) is 1. The molecule has 0 aliphatic carbocycles. The monoisotopic (exact) mass is 299 g/mol. The lowest BCUT2D eigenvalue weighted by Crippen LogP contribution is -2.17. The highest BCUT2D eigenvalue weighted by molar-refractivity contribution is 9.09. The van der Waals surface area contributed by atoms with E-state index in [1.807, 2.05) is 13.0 Å². The summed E-state index contributed by atoms with van der Waals surface area (Å²) in [5.41, 5.74) is 1.71. The number of alkyl halides is 1. The van der Waals surface area contributed by atoms with Crippen LogP contribution in [0.15, 0.2) is 18.2 Å². The molecule has 1 N–H and O–H groups in total. The van der Waals surface area contributed by atoms with E-state index in [2.05, 4.69) is 21.2 Å². The molecule has 1 aromatic carbocycles. The molecule has 0 aliphatic heterocycles. The van der Waals surface area contributed by atoms with Gasteiger partial charge >= 0.3 is 5.97 Å². The summed E-state index contributed by atoms with van der Waals surface area (Å²) in [6, 6.07) is 5.22. The molecule has 0 spiro atoms. The number of para-hydroxylation sites is 1. The van der Waals surface area contributed by atoms with Gasteiger partial charge in [0.05, 0.1) is 23.2 Å². The molecule has 5 heteroatoms. The quantitative estimate of drug-likeness (QED) is 0.686. The van der Waals surface area contributed by atoms with Crippen molar-refractivity contribution >= 4 is 33.5 Å². The van der Waals surface area contributed by atoms with E-state index < -0.39 is 5.97 Å². The summed E-state index contributed by atoms with van der Waals surface area (Å²) in [4.78, 5) is 23.1. The minimum absolute atomic E-state index is 0.184. The van der Waals surface area contributed by atoms with E-state index in [0.29, 0.717) is 17.9 Å². The zero-order valence-electron chi connectivity index (χ0n) is 9.75. The molecule has 0 aliphatic rings. The number of hydrogen-bond acceptors (Lipinski definition) is 3. The molecule has 0 bridgehead atoms. The van der Waals surface area contributed by atoms with Gasteiger partial charge < -0.3 is 10.1 Å². The predicted octanol–water partition coefficient (Wildman–Crippen LogP) is 2.51. The van der Waals surface area contributed by atoms with Crippen molar-refractivity contribution in [3.05, 3.63) is 29.3 Å². The molecule has 0 saturated heterocycles. The van der Waals surface area contributed by atoms with Crippen LogP contribution in [0, 0.1) is 6.92 Å². The molecular formula is C12H14BrNO3. The Morgan fingerprint density at radius 3 is 2.71 bits per heavy atom. The molecule has 1 rings (SSSR count). The summed E-state index contributed by atoms with van der Waals surface area (Å²) in [5, 5.41) is 2.87. The van der Waals surface area contributed by atoms with E-state index in [1.54, 1.807) is 19.1 Å². The van der Waals surface area contributed by atoms with Crippen molar-refractivity contribution in [1.29, 1.82) is 0 Å². The number of carbonyl (C=O) groups is 2. The summed E-state index contributed by atoms with van der Waals surface area (Å²) in [6.07, 6.45) is 0. The van der Waals surface area contributed by atoms with Crippen LogP contribution in [0.4, 0.5) is 5.69 Å². The minimum atomic E-state index is -0.430. The number of hydrogen-bond donors (Lipinski definition) is 1. The van der Waals surface area contributed by atoms with Crippen molar-refractivity contribution in [1.82, 2.24) is 0 Å². The fraction of sp³-hybridized carbons (Fsp3) is 0.333. The van der Waals surface area contributed by atoms with Gasteiger partial charge in [0.25, 0.3) is 0 Å². The van der Waals surface area contributed by atoms with Gasteiger partial charge in [-0.3, -0.25) is 4.79 Å². The lowest BCUT2D eigenvalue weighted by Gasteiger charge is -2.12. The first-order valence-corrected chi connectivity index (χ1v) is 6.34. The van der Waals surface area contributed by atoms with Gasteiger partial charge in [-0.2, -0.15) is 0 Å². The number of rotatable bonds is 4. The second-order valence-electron chi connectivity index (χ2n) is 3.40. The fourth-order valence-electron chi connectivity index (χ4n) is 1.39. The van der Waals surface area contributed by atoms with Gasteiger partial charge in [-0.1, -0.05) is 28.1 Å². The van der Waals surface area contributed by atoms with Crippen LogP contribution in [-0.2, 0) is 9.53 Å². The zero-order chi connectivity index (χ0) is 12.8. The Labute approximate surface area is 108 Å². The number of aryl methyl sites for hydroxylation is 1. The van der Waals surface area contributed by atoms with Crippen molar-refractivity contribution in [3.63, 3.8) is 0 Å². The Hall–Kier alpha value is -1.36. The fourth-order valence-corrected chi connectivity index (χ4v) is 1.53. The number of ether oxygens (including phenoxy) is 1. The highest BCUT2D eigenvalue weighted by Crippen LogP contribution is 2.21. The summed E-state index contributed by atoms with van der Waals surface area (Å²) in [5.74, 6) is -0.633. The number of halogens is 1. The van der Waals surface area contributed by atoms with Gasteiger partial charge in [0, 0.05) is 0 Å². The van der Waals surface area contributed by atoms with E-state index >= 15 is 0 Å². The van der Waals surface area contributed by atoms with Crippen LogP contribution in [0.3, 0.4) is 0 Å². The van der Waals surface area contributed by atoms with Gasteiger partial charge in [0.15, 0.2) is 0 Å². The van der Waals surface area contributed by atoms with Crippen molar-refractivity contribution in [3.8, 4) is 0 Å². The first-order chi connectivity index (χ1) is 8.10. The van der Waals surface area contributed by atoms with Crippen molar-refractivity contribution in [2.75, 3.05) is 17.3 Å². The first-order valence-electron chi connectivity index (χ1n) is 5.22. The van der Waals surface area contributed by atoms with Crippen molar-refractivity contribution < 1.29 is 14.3 Å². The molecule has 0 atom stereocenters. The van der Waals surface area contributed by atoms with Crippen molar-refractivity contribution in [2.24, 2.45) is 0 Å². The maximum atomic E-state index is 11.7. The molecule has 4 nitrogen and oxygen atoms in total. The van der Waals surface area contributed by atoms with Crippen LogP contribution in [0.1, 0.15) is 22.8 Å². The molecular weight excluding hydrogens is 286 g/mol. The Morgan fingerprint density at radius 1 is 1.41 bits per heavy atom. The van der Waals surface area contributed by atoms with E-state index in [4.69, 9.17) is 4.74 Å². The average molecular weight is 300 g/mol. The van der Waals surface area contributed by atoms with Crippen LogP contribution in [0.25, 0.3) is 0 Å². The number of carbonyl (C=O) groups excluding carboxylic acids is 2. The summed E-state index contributed by atoms with van der Waals surface area (Å²) < 4.78 is 4.94. The maximum absolute atomic E-state index is 11.7. The van der Waals surface area contributed by atoms with Crippen molar-refractivity contribution in [2.45, 2.75) is 13.8 Å². The standard InChI is InChI=1S/C12H14BrNO3/c1-3-17-12(16)9-6-4-5-8(2)11(9)14-10(15)7-13/h4-6H,3,7H2,1-2H3,(H,14,15). The van der Waals surface area contributed by atoms with Gasteiger partial charge in [-0.15, -0.1) is 0 Å². The smallest absolute Gasteiger partial charge is 0.340 e. The SMILES string of the molecule is CCOC(=O)c1cccc(C)c1NC(=O)CBr. The predicted molar refractivity (Wildman–Crippen MR) is 69.6 cm³/mol. The van der Waals surface area contributed by atoms with Crippen LogP contribution in [0.2, 0.25) is 0 Å². The third-order valence-corrected chi connectivity index (χ3v) is 2.66. The Balaban J connectivity index is 3.08. The third-order valence-electron chi connectivity index (χ3n) is 2.15. The highest BCUT2D eigenvalue weighted by Gasteiger charge is 2.15. The van der Waals surface area contributed by atoms with Gasteiger partial charge in [-0.25, -0.2) is 4.79 Å². The zero-order valence-corrected chi connectivity index (χ0v) is 11.3. The summed E-state index contributed by atoms with van der Waals surface area (Å²) in [7, 11) is 0. The number of anilines is 1. The van der Waals surface area contributed by atoms with Gasteiger partial charge in [-0.05, 0) is 25.5 Å². The number of esters is 1. The van der Waals surface area contributed by atoms with E-state index in [0.717, 1.165) is 5.56 Å². The van der Waals surface area contributed by atoms with Crippen LogP contribution >= 0.6 is 15.9 Å². The van der Waals surface area contributed by atoms with E-state index in [1.165, 1.54) is 0 Å².